The van der Waals surface area contributed by atoms with Gasteiger partial charge in [-0.2, -0.15) is 0 Å². The van der Waals surface area contributed by atoms with E-state index >= 15 is 0 Å². The van der Waals surface area contributed by atoms with E-state index in [1.807, 2.05) is 25.7 Å². The van der Waals surface area contributed by atoms with Crippen molar-refractivity contribution in [3.63, 3.8) is 0 Å². The number of nitrogens with one attached hydrogen (secondary N) is 1. The van der Waals surface area contributed by atoms with E-state index in [4.69, 9.17) is 4.74 Å². The van der Waals surface area contributed by atoms with Crippen LogP contribution in [-0.2, 0) is 9.53 Å². The van der Waals surface area contributed by atoms with Gasteiger partial charge in [-0.1, -0.05) is 6.08 Å². The van der Waals surface area contributed by atoms with Crippen molar-refractivity contribution >= 4 is 5.91 Å². The van der Waals surface area contributed by atoms with Crippen molar-refractivity contribution in [2.75, 3.05) is 20.2 Å². The molecule has 0 aromatic rings. The van der Waals surface area contributed by atoms with Gasteiger partial charge in [0, 0.05) is 25.7 Å². The molecule has 4 heteroatoms. The molecule has 0 aliphatic carbocycles. The molecule has 1 fully saturated rings. The molecule has 2 atom stereocenters. The Labute approximate surface area is 104 Å². The molecule has 4 nitrogen and oxygen atoms in total. The van der Waals surface area contributed by atoms with Crippen LogP contribution in [0.3, 0.4) is 0 Å². The van der Waals surface area contributed by atoms with Crippen molar-refractivity contribution in [1.82, 2.24) is 10.2 Å². The van der Waals surface area contributed by atoms with E-state index in [9.17, 15) is 4.79 Å². The fourth-order valence-corrected chi connectivity index (χ4v) is 2.08. The second-order valence-electron chi connectivity index (χ2n) is 5.46. The Morgan fingerprint density at radius 3 is 2.65 bits per heavy atom. The Morgan fingerprint density at radius 1 is 1.59 bits per heavy atom. The highest BCUT2D eigenvalue weighted by atomic mass is 16.5. The summed E-state index contributed by atoms with van der Waals surface area (Å²) in [6, 6.07) is -0.126. The monoisotopic (exact) mass is 240 g/mol. The van der Waals surface area contributed by atoms with Crippen LogP contribution in [0.2, 0.25) is 0 Å². The molecule has 17 heavy (non-hydrogen) atoms. The summed E-state index contributed by atoms with van der Waals surface area (Å²) in [7, 11) is 1.68. The van der Waals surface area contributed by atoms with Gasteiger partial charge in [-0.3, -0.25) is 4.79 Å². The smallest absolute Gasteiger partial charge is 0.240 e. The average molecular weight is 240 g/mol. The quantitative estimate of drug-likeness (QED) is 0.750. The van der Waals surface area contributed by atoms with Crippen LogP contribution < -0.4 is 5.32 Å². The van der Waals surface area contributed by atoms with Crippen molar-refractivity contribution in [2.45, 2.75) is 44.9 Å². The highest BCUT2D eigenvalue weighted by Crippen LogP contribution is 2.19. The van der Waals surface area contributed by atoms with Crippen molar-refractivity contribution in [3.05, 3.63) is 12.7 Å². The van der Waals surface area contributed by atoms with Crippen LogP contribution in [-0.4, -0.2) is 48.7 Å². The molecule has 1 amide bonds. The molecule has 0 bridgehead atoms. The number of carbonyl (C=O) groups excluding carboxylic acids is 1. The van der Waals surface area contributed by atoms with Gasteiger partial charge < -0.3 is 15.0 Å². The Kier molecular flexibility index (Phi) is 4.71. The molecule has 1 aliphatic rings. The minimum absolute atomic E-state index is 0.126. The molecule has 1 aliphatic heterocycles. The minimum atomic E-state index is -0.182. The van der Waals surface area contributed by atoms with Gasteiger partial charge in [0.2, 0.25) is 5.91 Å². The van der Waals surface area contributed by atoms with E-state index < -0.39 is 0 Å². The molecule has 1 N–H and O–H groups in total. The van der Waals surface area contributed by atoms with Gasteiger partial charge in [0.25, 0.3) is 0 Å². The molecule has 2 unspecified atom stereocenters. The van der Waals surface area contributed by atoms with Crippen LogP contribution in [0.1, 0.15) is 27.2 Å². The molecule has 1 rings (SSSR count). The highest BCUT2D eigenvalue weighted by Gasteiger charge is 2.35. The predicted octanol–water partition coefficient (Wildman–Crippen LogP) is 1.18. The van der Waals surface area contributed by atoms with Gasteiger partial charge in [-0.15, -0.1) is 6.58 Å². The lowest BCUT2D eigenvalue weighted by Crippen LogP contribution is -2.52. The summed E-state index contributed by atoms with van der Waals surface area (Å²) < 4.78 is 5.26. The maximum atomic E-state index is 12.4. The van der Waals surface area contributed by atoms with Gasteiger partial charge in [0.05, 0.1) is 12.1 Å². The molecule has 0 saturated carbocycles. The summed E-state index contributed by atoms with van der Waals surface area (Å²) in [5.74, 6) is 0.136. The molecule has 1 heterocycles. The third kappa shape index (κ3) is 3.54. The van der Waals surface area contributed by atoms with Crippen LogP contribution in [0.25, 0.3) is 0 Å². The molecule has 98 valence electrons. The van der Waals surface area contributed by atoms with Crippen LogP contribution in [0.4, 0.5) is 0 Å². The number of hydrogen-bond donors (Lipinski definition) is 1. The van der Waals surface area contributed by atoms with E-state index in [1.54, 1.807) is 13.2 Å². The number of methoxy groups -OCH3 is 1. The standard InChI is InChI=1S/C13H24N2O2/c1-6-7-15(13(2,3)4)12(16)11-8-10(17-5)9-14-11/h6,10-11,14H,1,7-9H2,2-5H3. The summed E-state index contributed by atoms with van der Waals surface area (Å²) >= 11 is 0. The maximum Gasteiger partial charge on any atom is 0.240 e. The zero-order valence-corrected chi connectivity index (χ0v) is 11.3. The minimum Gasteiger partial charge on any atom is -0.380 e. The number of rotatable bonds is 4. The molecule has 0 radical (unpaired) electrons. The second-order valence-corrected chi connectivity index (χ2v) is 5.46. The fourth-order valence-electron chi connectivity index (χ4n) is 2.08. The molecule has 1 saturated heterocycles. The topological polar surface area (TPSA) is 41.6 Å². The van der Waals surface area contributed by atoms with E-state index in [2.05, 4.69) is 11.9 Å². The number of nitrogens with zero attached hydrogens (tertiary/aromatic N) is 1. The van der Waals surface area contributed by atoms with Crippen LogP contribution in [0.5, 0.6) is 0 Å². The molecular weight excluding hydrogens is 216 g/mol. The van der Waals surface area contributed by atoms with Crippen molar-refractivity contribution < 1.29 is 9.53 Å². The van der Waals surface area contributed by atoms with Crippen LogP contribution in [0.15, 0.2) is 12.7 Å². The Hall–Kier alpha value is -0.870. The lowest BCUT2D eigenvalue weighted by Gasteiger charge is -2.36. The molecular formula is C13H24N2O2. The molecule has 0 aromatic carbocycles. The van der Waals surface area contributed by atoms with Crippen molar-refractivity contribution in [3.8, 4) is 0 Å². The Bertz CT molecular complexity index is 284. The van der Waals surface area contributed by atoms with Gasteiger partial charge in [-0.05, 0) is 27.2 Å². The lowest BCUT2D eigenvalue weighted by atomic mass is 10.0. The first-order chi connectivity index (χ1) is 7.90. The molecule has 0 aromatic heterocycles. The summed E-state index contributed by atoms with van der Waals surface area (Å²) in [5.41, 5.74) is -0.182. The summed E-state index contributed by atoms with van der Waals surface area (Å²) in [6.45, 7) is 11.2. The van der Waals surface area contributed by atoms with Gasteiger partial charge in [0.15, 0.2) is 0 Å². The number of amides is 1. The third-order valence-corrected chi connectivity index (χ3v) is 3.11. The van der Waals surface area contributed by atoms with E-state index in [0.717, 1.165) is 13.0 Å². The van der Waals surface area contributed by atoms with E-state index in [-0.39, 0.29) is 23.6 Å². The first-order valence-electron chi connectivity index (χ1n) is 6.08. The summed E-state index contributed by atoms with van der Waals surface area (Å²) in [6.07, 6.45) is 2.67. The maximum absolute atomic E-state index is 12.4. The second kappa shape index (κ2) is 5.65. The Balaban J connectivity index is 2.69. The zero-order chi connectivity index (χ0) is 13.1. The fraction of sp³-hybridized carbons (Fsp3) is 0.769. The Morgan fingerprint density at radius 2 is 2.24 bits per heavy atom. The predicted molar refractivity (Wildman–Crippen MR) is 68.9 cm³/mol. The largest absolute Gasteiger partial charge is 0.380 e. The number of hydrogen-bond acceptors (Lipinski definition) is 3. The average Bonchev–Trinajstić information content (AvgIpc) is 2.71. The first-order valence-corrected chi connectivity index (χ1v) is 6.08. The highest BCUT2D eigenvalue weighted by molar-refractivity contribution is 5.83. The number of ether oxygens (including phenoxy) is 1. The van der Waals surface area contributed by atoms with Crippen molar-refractivity contribution in [2.24, 2.45) is 0 Å². The van der Waals surface area contributed by atoms with Crippen molar-refractivity contribution in [1.29, 1.82) is 0 Å². The SMILES string of the molecule is C=CCN(C(=O)C1CC(OC)CN1)C(C)(C)C. The normalized spacial score (nSPS) is 24.7. The van der Waals surface area contributed by atoms with Crippen LogP contribution >= 0.6 is 0 Å². The molecule has 0 spiro atoms. The van der Waals surface area contributed by atoms with Gasteiger partial charge in [-0.25, -0.2) is 0 Å². The number of carbonyl (C=O) groups is 1. The lowest BCUT2D eigenvalue weighted by molar-refractivity contribution is -0.137. The van der Waals surface area contributed by atoms with Gasteiger partial charge in [0.1, 0.15) is 0 Å². The van der Waals surface area contributed by atoms with Crippen LogP contribution in [0, 0.1) is 0 Å². The zero-order valence-electron chi connectivity index (χ0n) is 11.3. The van der Waals surface area contributed by atoms with E-state index in [0.29, 0.717) is 6.54 Å². The first kappa shape index (κ1) is 14.2. The summed E-state index contributed by atoms with van der Waals surface area (Å²) in [5, 5.41) is 3.22. The summed E-state index contributed by atoms with van der Waals surface area (Å²) in [4.78, 5) is 14.3. The van der Waals surface area contributed by atoms with E-state index in [1.165, 1.54) is 0 Å². The van der Waals surface area contributed by atoms with Gasteiger partial charge >= 0.3 is 0 Å². The third-order valence-electron chi connectivity index (χ3n) is 3.11.